The zero-order chi connectivity index (χ0) is 21.6. The number of rotatable bonds is 7. The largest absolute Gasteiger partial charge is 0.405 e. The lowest BCUT2D eigenvalue weighted by Gasteiger charge is -2.09. The second kappa shape index (κ2) is 9.21. The summed E-state index contributed by atoms with van der Waals surface area (Å²) in [7, 11) is 0. The Bertz CT molecular complexity index is 1020. The van der Waals surface area contributed by atoms with Gasteiger partial charge in [-0.25, -0.2) is 0 Å². The molecule has 0 saturated heterocycles. The molecule has 156 valence electrons. The van der Waals surface area contributed by atoms with Crippen molar-refractivity contribution in [2.24, 2.45) is 0 Å². The van der Waals surface area contributed by atoms with Crippen molar-refractivity contribution in [3.63, 3.8) is 0 Å². The van der Waals surface area contributed by atoms with Gasteiger partial charge < -0.3 is 15.2 Å². The average Bonchev–Trinajstić information content (AvgIpc) is 3.20. The zero-order valence-electron chi connectivity index (χ0n) is 15.6. The van der Waals surface area contributed by atoms with Crippen LogP contribution in [0.5, 0.6) is 0 Å². The predicted octanol–water partition coefficient (Wildman–Crippen LogP) is 3.60. The van der Waals surface area contributed by atoms with Crippen LogP contribution in [-0.2, 0) is 11.2 Å². The Labute approximate surface area is 169 Å². The SMILES string of the molecule is O=C(CCc1nc(-c2ccccc2)no1)Nc1cccc(C(=O)NCC(F)(F)F)c1. The van der Waals surface area contributed by atoms with Crippen molar-refractivity contribution >= 4 is 17.5 Å². The molecule has 0 unspecified atom stereocenters. The quantitative estimate of drug-likeness (QED) is 0.611. The molecule has 0 spiro atoms. The molecule has 1 aromatic heterocycles. The number of anilines is 1. The molecule has 2 N–H and O–H groups in total. The number of nitrogens with one attached hydrogen (secondary N) is 2. The van der Waals surface area contributed by atoms with Crippen molar-refractivity contribution in [3.8, 4) is 11.4 Å². The molecule has 0 radical (unpaired) electrons. The van der Waals surface area contributed by atoms with Gasteiger partial charge in [-0.1, -0.05) is 41.6 Å². The van der Waals surface area contributed by atoms with Crippen molar-refractivity contribution in [1.29, 1.82) is 0 Å². The Morgan fingerprint density at radius 1 is 1.03 bits per heavy atom. The van der Waals surface area contributed by atoms with Crippen molar-refractivity contribution in [2.75, 3.05) is 11.9 Å². The smallest absolute Gasteiger partial charge is 0.343 e. The van der Waals surface area contributed by atoms with Crippen molar-refractivity contribution in [3.05, 3.63) is 66.1 Å². The zero-order valence-corrected chi connectivity index (χ0v) is 15.6. The third-order valence-electron chi connectivity index (χ3n) is 3.92. The van der Waals surface area contributed by atoms with Gasteiger partial charge in [-0.2, -0.15) is 18.2 Å². The Hall–Kier alpha value is -3.69. The number of carbonyl (C=O) groups excluding carboxylic acids is 2. The molecule has 0 atom stereocenters. The summed E-state index contributed by atoms with van der Waals surface area (Å²) in [5, 5.41) is 8.24. The molecule has 3 aromatic rings. The molecule has 10 heteroatoms. The molecule has 2 aromatic carbocycles. The number of aromatic nitrogens is 2. The summed E-state index contributed by atoms with van der Waals surface area (Å²) in [6, 6.07) is 14.9. The van der Waals surface area contributed by atoms with E-state index in [1.807, 2.05) is 30.3 Å². The molecule has 1 heterocycles. The van der Waals surface area contributed by atoms with E-state index in [9.17, 15) is 22.8 Å². The standard InChI is InChI=1S/C20H17F3N4O3/c21-20(22,23)12-24-19(29)14-7-4-8-15(11-14)25-16(28)9-10-17-26-18(27-30-17)13-5-2-1-3-6-13/h1-8,11H,9-10,12H2,(H,24,29)(H,25,28). The lowest BCUT2D eigenvalue weighted by atomic mass is 10.2. The first-order valence-electron chi connectivity index (χ1n) is 8.93. The average molecular weight is 418 g/mol. The van der Waals surface area contributed by atoms with Crippen LogP contribution in [0.1, 0.15) is 22.7 Å². The number of halogens is 3. The number of aryl methyl sites for hydroxylation is 1. The molecule has 3 rings (SSSR count). The molecular weight excluding hydrogens is 401 g/mol. The number of amides is 2. The highest BCUT2D eigenvalue weighted by atomic mass is 19.4. The number of carbonyl (C=O) groups is 2. The van der Waals surface area contributed by atoms with E-state index in [1.54, 1.807) is 5.32 Å². The van der Waals surface area contributed by atoms with Gasteiger partial charge in [0.05, 0.1) is 0 Å². The Morgan fingerprint density at radius 2 is 1.80 bits per heavy atom. The number of hydrogen-bond acceptors (Lipinski definition) is 5. The summed E-state index contributed by atoms with van der Waals surface area (Å²) in [4.78, 5) is 28.2. The molecule has 0 bridgehead atoms. The minimum atomic E-state index is -4.50. The maximum Gasteiger partial charge on any atom is 0.405 e. The van der Waals surface area contributed by atoms with Gasteiger partial charge in [-0.15, -0.1) is 0 Å². The van der Waals surface area contributed by atoms with E-state index in [-0.39, 0.29) is 30.0 Å². The number of benzene rings is 2. The molecular formula is C20H17F3N4O3. The summed E-state index contributed by atoms with van der Waals surface area (Å²) in [5.41, 5.74) is 1.08. The lowest BCUT2D eigenvalue weighted by molar-refractivity contribution is -0.123. The van der Waals surface area contributed by atoms with Gasteiger partial charge in [-0.05, 0) is 18.2 Å². The van der Waals surface area contributed by atoms with Crippen LogP contribution in [0.3, 0.4) is 0 Å². The van der Waals surface area contributed by atoms with E-state index in [4.69, 9.17) is 4.52 Å². The fourth-order valence-electron chi connectivity index (χ4n) is 2.53. The third-order valence-corrected chi connectivity index (χ3v) is 3.92. The predicted molar refractivity (Wildman–Crippen MR) is 102 cm³/mol. The van der Waals surface area contributed by atoms with Crippen LogP contribution in [0.2, 0.25) is 0 Å². The van der Waals surface area contributed by atoms with Gasteiger partial charge in [0, 0.05) is 29.7 Å². The summed E-state index contributed by atoms with van der Waals surface area (Å²) in [6.45, 7) is -1.43. The summed E-state index contributed by atoms with van der Waals surface area (Å²) in [6.07, 6.45) is -4.26. The second-order valence-corrected chi connectivity index (χ2v) is 6.30. The molecule has 0 aliphatic heterocycles. The van der Waals surface area contributed by atoms with Crippen molar-refractivity contribution in [1.82, 2.24) is 15.5 Å². The van der Waals surface area contributed by atoms with Gasteiger partial charge in [0.25, 0.3) is 5.91 Å². The normalized spacial score (nSPS) is 11.2. The first kappa shape index (κ1) is 21.0. The van der Waals surface area contributed by atoms with Crippen LogP contribution < -0.4 is 10.6 Å². The first-order chi connectivity index (χ1) is 14.3. The van der Waals surface area contributed by atoms with Crippen LogP contribution in [0.4, 0.5) is 18.9 Å². The van der Waals surface area contributed by atoms with Crippen LogP contribution in [0.25, 0.3) is 11.4 Å². The Morgan fingerprint density at radius 3 is 2.53 bits per heavy atom. The van der Waals surface area contributed by atoms with Crippen LogP contribution in [-0.4, -0.2) is 34.7 Å². The maximum absolute atomic E-state index is 12.2. The highest BCUT2D eigenvalue weighted by Crippen LogP contribution is 2.17. The fraction of sp³-hybridized carbons (Fsp3) is 0.200. The van der Waals surface area contributed by atoms with E-state index >= 15 is 0 Å². The molecule has 7 nitrogen and oxygen atoms in total. The first-order valence-corrected chi connectivity index (χ1v) is 8.93. The van der Waals surface area contributed by atoms with E-state index < -0.39 is 18.6 Å². The van der Waals surface area contributed by atoms with Gasteiger partial charge in [0.15, 0.2) is 0 Å². The number of nitrogens with zero attached hydrogens (tertiary/aromatic N) is 2. The van der Waals surface area contributed by atoms with Gasteiger partial charge in [-0.3, -0.25) is 9.59 Å². The monoisotopic (exact) mass is 418 g/mol. The molecule has 0 aliphatic rings. The topological polar surface area (TPSA) is 97.1 Å². The summed E-state index contributed by atoms with van der Waals surface area (Å²) >= 11 is 0. The van der Waals surface area contributed by atoms with Gasteiger partial charge in [0.1, 0.15) is 6.54 Å². The molecule has 0 saturated carbocycles. The van der Waals surface area contributed by atoms with Crippen LogP contribution >= 0.6 is 0 Å². The van der Waals surface area contributed by atoms with Crippen LogP contribution in [0, 0.1) is 0 Å². The van der Waals surface area contributed by atoms with E-state index in [0.29, 0.717) is 11.7 Å². The number of hydrogen-bond donors (Lipinski definition) is 2. The maximum atomic E-state index is 12.2. The van der Waals surface area contributed by atoms with Crippen molar-refractivity contribution < 1.29 is 27.3 Å². The summed E-state index contributed by atoms with van der Waals surface area (Å²) < 4.78 is 41.8. The fourth-order valence-corrected chi connectivity index (χ4v) is 2.53. The van der Waals surface area contributed by atoms with Crippen LogP contribution in [0.15, 0.2) is 59.1 Å². The molecule has 2 amide bonds. The highest BCUT2D eigenvalue weighted by Gasteiger charge is 2.27. The minimum absolute atomic E-state index is 0.00135. The third kappa shape index (κ3) is 6.16. The molecule has 0 fully saturated rings. The lowest BCUT2D eigenvalue weighted by Crippen LogP contribution is -2.33. The van der Waals surface area contributed by atoms with E-state index in [1.165, 1.54) is 24.3 Å². The minimum Gasteiger partial charge on any atom is -0.343 e. The molecule has 30 heavy (non-hydrogen) atoms. The van der Waals surface area contributed by atoms with E-state index in [0.717, 1.165) is 5.56 Å². The second-order valence-electron chi connectivity index (χ2n) is 6.30. The Kier molecular flexibility index (Phi) is 6.45. The summed E-state index contributed by atoms with van der Waals surface area (Å²) in [5.74, 6) is -0.544. The molecule has 0 aliphatic carbocycles. The van der Waals surface area contributed by atoms with Gasteiger partial charge >= 0.3 is 6.18 Å². The van der Waals surface area contributed by atoms with E-state index in [2.05, 4.69) is 15.5 Å². The highest BCUT2D eigenvalue weighted by molar-refractivity contribution is 5.97. The van der Waals surface area contributed by atoms with Crippen molar-refractivity contribution in [2.45, 2.75) is 19.0 Å². The van der Waals surface area contributed by atoms with Gasteiger partial charge in [0.2, 0.25) is 17.6 Å². The Balaban J connectivity index is 1.53. The number of alkyl halides is 3.